The lowest BCUT2D eigenvalue weighted by atomic mass is 9.91. The van der Waals surface area contributed by atoms with Gasteiger partial charge in [0, 0.05) is 24.0 Å². The monoisotopic (exact) mass is 297 g/mol. The van der Waals surface area contributed by atoms with Gasteiger partial charge in [-0.15, -0.1) is 0 Å². The number of halogens is 2. The van der Waals surface area contributed by atoms with Crippen molar-refractivity contribution < 1.29 is 9.18 Å². The second-order valence-electron chi connectivity index (χ2n) is 5.88. The Morgan fingerprint density at radius 2 is 2.20 bits per heavy atom. The maximum atomic E-state index is 14.3. The van der Waals surface area contributed by atoms with Crippen LogP contribution >= 0.6 is 11.6 Å². The van der Waals surface area contributed by atoms with Crippen molar-refractivity contribution >= 4 is 17.9 Å². The van der Waals surface area contributed by atoms with Crippen LogP contribution in [-0.4, -0.2) is 30.3 Å². The maximum Gasteiger partial charge on any atom is 0.137 e. The first kappa shape index (κ1) is 15.5. The molecule has 0 aromatic rings. The number of carbonyl (C=O) groups is 1. The minimum atomic E-state index is -0.348. The quantitative estimate of drug-likeness (QED) is 0.550. The molecule has 0 spiro atoms. The molecule has 0 radical (unpaired) electrons. The highest BCUT2D eigenvalue weighted by molar-refractivity contribution is 6.30. The number of hydrogen-bond acceptors (Lipinski definition) is 2. The Morgan fingerprint density at radius 1 is 1.50 bits per heavy atom. The average molecular weight is 298 g/mol. The number of aldehydes is 1. The molecule has 4 heteroatoms. The highest BCUT2D eigenvalue weighted by atomic mass is 35.5. The van der Waals surface area contributed by atoms with Crippen LogP contribution in [0.5, 0.6) is 0 Å². The van der Waals surface area contributed by atoms with Crippen LogP contribution in [0.2, 0.25) is 0 Å². The van der Waals surface area contributed by atoms with Gasteiger partial charge in [0.15, 0.2) is 0 Å². The van der Waals surface area contributed by atoms with Gasteiger partial charge in [-0.25, -0.2) is 4.39 Å². The van der Waals surface area contributed by atoms with E-state index >= 15 is 0 Å². The number of carbonyl (C=O) groups excluding carboxylic acids is 1. The molecule has 0 aromatic heterocycles. The summed E-state index contributed by atoms with van der Waals surface area (Å²) < 4.78 is 14.3. The normalized spacial score (nSPS) is 31.9. The number of hydrogen-bond donors (Lipinski definition) is 0. The standard InChI is InChI=1S/C16H21ClFNO/c1-11-8-19(9-13-6-7-13)15(10-20)16(11)14(18)5-3-4-12(2)17/h3-5,10-11,13,15-16H,2,6-9H2,1H3/b4-3-,14-5-. The molecule has 0 aromatic carbocycles. The largest absolute Gasteiger partial charge is 0.302 e. The molecule has 110 valence electrons. The van der Waals surface area contributed by atoms with E-state index in [0.29, 0.717) is 11.0 Å². The lowest BCUT2D eigenvalue weighted by Crippen LogP contribution is -2.35. The summed E-state index contributed by atoms with van der Waals surface area (Å²) in [7, 11) is 0. The second kappa shape index (κ2) is 6.68. The van der Waals surface area contributed by atoms with E-state index in [-0.39, 0.29) is 23.7 Å². The Kier molecular flexibility index (Phi) is 5.17. The van der Waals surface area contributed by atoms with Crippen LogP contribution in [0.15, 0.2) is 35.7 Å². The van der Waals surface area contributed by atoms with E-state index in [9.17, 15) is 9.18 Å². The highest BCUT2D eigenvalue weighted by Crippen LogP contribution is 2.38. The van der Waals surface area contributed by atoms with Crippen LogP contribution in [0.4, 0.5) is 4.39 Å². The van der Waals surface area contributed by atoms with Gasteiger partial charge in [0.2, 0.25) is 0 Å². The van der Waals surface area contributed by atoms with Crippen molar-refractivity contribution in [1.82, 2.24) is 4.90 Å². The fourth-order valence-corrected chi connectivity index (χ4v) is 3.03. The van der Waals surface area contributed by atoms with Crippen molar-refractivity contribution in [2.75, 3.05) is 13.1 Å². The Balaban J connectivity index is 2.07. The van der Waals surface area contributed by atoms with E-state index < -0.39 is 0 Å². The van der Waals surface area contributed by atoms with Crippen LogP contribution in [0, 0.1) is 17.8 Å². The van der Waals surface area contributed by atoms with Crippen molar-refractivity contribution in [3.05, 3.63) is 35.7 Å². The van der Waals surface area contributed by atoms with Crippen LogP contribution in [-0.2, 0) is 4.79 Å². The van der Waals surface area contributed by atoms with Crippen molar-refractivity contribution in [1.29, 1.82) is 0 Å². The number of rotatable bonds is 6. The van der Waals surface area contributed by atoms with Crippen molar-refractivity contribution in [3.63, 3.8) is 0 Å². The molecular weight excluding hydrogens is 277 g/mol. The highest BCUT2D eigenvalue weighted by Gasteiger charge is 2.43. The van der Waals surface area contributed by atoms with Crippen LogP contribution < -0.4 is 0 Å². The van der Waals surface area contributed by atoms with Gasteiger partial charge in [-0.05, 0) is 36.8 Å². The average Bonchev–Trinajstić information content (AvgIpc) is 3.12. The van der Waals surface area contributed by atoms with Crippen molar-refractivity contribution in [2.45, 2.75) is 25.8 Å². The Bertz CT molecular complexity index is 442. The summed E-state index contributed by atoms with van der Waals surface area (Å²) >= 11 is 5.60. The molecule has 1 saturated heterocycles. The fourth-order valence-electron chi connectivity index (χ4n) is 2.96. The summed E-state index contributed by atoms with van der Waals surface area (Å²) in [5.41, 5.74) is 0. The van der Waals surface area contributed by atoms with Crippen LogP contribution in [0.1, 0.15) is 19.8 Å². The zero-order chi connectivity index (χ0) is 14.7. The topological polar surface area (TPSA) is 20.3 Å². The molecule has 1 aliphatic carbocycles. The van der Waals surface area contributed by atoms with E-state index in [1.54, 1.807) is 12.2 Å². The minimum Gasteiger partial charge on any atom is -0.302 e. The summed E-state index contributed by atoms with van der Waals surface area (Å²) in [5, 5.41) is 0.357. The van der Waals surface area contributed by atoms with Crippen LogP contribution in [0.25, 0.3) is 0 Å². The molecule has 0 amide bonds. The van der Waals surface area contributed by atoms with Gasteiger partial charge in [0.25, 0.3) is 0 Å². The molecule has 2 fully saturated rings. The zero-order valence-corrected chi connectivity index (χ0v) is 12.5. The molecule has 2 nitrogen and oxygen atoms in total. The predicted octanol–water partition coefficient (Wildman–Crippen LogP) is 3.69. The first-order valence-corrected chi connectivity index (χ1v) is 7.48. The fraction of sp³-hybridized carbons (Fsp3) is 0.562. The summed E-state index contributed by atoms with van der Waals surface area (Å²) in [6.45, 7) is 7.23. The molecule has 2 aliphatic rings. The van der Waals surface area contributed by atoms with Gasteiger partial charge in [-0.3, -0.25) is 4.90 Å². The third-order valence-electron chi connectivity index (χ3n) is 4.11. The van der Waals surface area contributed by atoms with E-state index in [0.717, 1.165) is 19.4 Å². The predicted molar refractivity (Wildman–Crippen MR) is 80.1 cm³/mol. The minimum absolute atomic E-state index is 0.146. The van der Waals surface area contributed by atoms with E-state index in [1.165, 1.54) is 18.9 Å². The number of allylic oxidation sites excluding steroid dienone is 4. The van der Waals surface area contributed by atoms with Crippen molar-refractivity contribution in [2.24, 2.45) is 17.8 Å². The third-order valence-corrected chi connectivity index (χ3v) is 4.23. The van der Waals surface area contributed by atoms with E-state index in [1.807, 2.05) is 6.92 Å². The van der Waals surface area contributed by atoms with Gasteiger partial charge >= 0.3 is 0 Å². The Labute approximate surface area is 125 Å². The SMILES string of the molecule is C=C(Cl)/C=C\C=C(/F)C1C(C)CN(CC2CC2)C1C=O. The van der Waals surface area contributed by atoms with Crippen molar-refractivity contribution in [3.8, 4) is 0 Å². The molecular formula is C16H21ClFNO. The Hall–Kier alpha value is -0.930. The number of nitrogens with zero attached hydrogens (tertiary/aromatic N) is 1. The lowest BCUT2D eigenvalue weighted by Gasteiger charge is -2.22. The first-order valence-electron chi connectivity index (χ1n) is 7.10. The molecule has 0 bridgehead atoms. The summed E-state index contributed by atoms with van der Waals surface area (Å²) in [6.07, 6.45) is 7.85. The summed E-state index contributed by atoms with van der Waals surface area (Å²) in [4.78, 5) is 13.5. The molecule has 1 aliphatic heterocycles. The summed E-state index contributed by atoms with van der Waals surface area (Å²) in [5.74, 6) is 0.254. The summed E-state index contributed by atoms with van der Waals surface area (Å²) in [6, 6.07) is -0.338. The zero-order valence-electron chi connectivity index (χ0n) is 11.8. The van der Waals surface area contributed by atoms with Crippen LogP contribution in [0.3, 0.4) is 0 Å². The third kappa shape index (κ3) is 3.80. The van der Waals surface area contributed by atoms with Gasteiger partial charge in [0.1, 0.15) is 12.1 Å². The van der Waals surface area contributed by atoms with Gasteiger partial charge in [-0.1, -0.05) is 31.2 Å². The first-order chi connectivity index (χ1) is 9.52. The second-order valence-corrected chi connectivity index (χ2v) is 6.37. The molecule has 1 saturated carbocycles. The maximum absolute atomic E-state index is 14.3. The lowest BCUT2D eigenvalue weighted by molar-refractivity contribution is -0.112. The van der Waals surface area contributed by atoms with E-state index in [4.69, 9.17) is 11.6 Å². The molecule has 20 heavy (non-hydrogen) atoms. The molecule has 1 heterocycles. The van der Waals surface area contributed by atoms with Gasteiger partial charge in [-0.2, -0.15) is 0 Å². The Morgan fingerprint density at radius 3 is 2.75 bits per heavy atom. The molecule has 2 rings (SSSR count). The van der Waals surface area contributed by atoms with E-state index in [2.05, 4.69) is 11.5 Å². The van der Waals surface area contributed by atoms with Gasteiger partial charge < -0.3 is 4.79 Å². The molecule has 0 N–H and O–H groups in total. The number of likely N-dealkylation sites (tertiary alicyclic amines) is 1. The molecule has 3 unspecified atom stereocenters. The molecule has 3 atom stereocenters. The smallest absolute Gasteiger partial charge is 0.137 e. The van der Waals surface area contributed by atoms with Gasteiger partial charge in [0.05, 0.1) is 6.04 Å².